The third-order valence-electron chi connectivity index (χ3n) is 9.49. The van der Waals surface area contributed by atoms with Crippen molar-refractivity contribution < 1.29 is 27.9 Å². The van der Waals surface area contributed by atoms with Crippen LogP contribution in [0.2, 0.25) is 0 Å². The second-order valence-electron chi connectivity index (χ2n) is 14.1. The highest BCUT2D eigenvalue weighted by Crippen LogP contribution is 2.27. The topological polar surface area (TPSA) is 144 Å². The number of methoxy groups -OCH3 is 1. The molecule has 1 fully saturated rings. The van der Waals surface area contributed by atoms with Gasteiger partial charge in [-0.2, -0.15) is 4.31 Å². The lowest BCUT2D eigenvalue weighted by Gasteiger charge is -2.35. The highest BCUT2D eigenvalue weighted by Gasteiger charge is 2.43. The number of carbonyl (C=O) groups is 2. The van der Waals surface area contributed by atoms with Crippen LogP contribution in [0.1, 0.15) is 57.8 Å². The van der Waals surface area contributed by atoms with Gasteiger partial charge in [-0.05, 0) is 61.2 Å². The fourth-order valence-corrected chi connectivity index (χ4v) is 9.08. The molecule has 4 rings (SSSR count). The van der Waals surface area contributed by atoms with E-state index in [1.54, 1.807) is 28.4 Å². The summed E-state index contributed by atoms with van der Waals surface area (Å²) >= 11 is 1.57. The Morgan fingerprint density at radius 1 is 1.08 bits per heavy atom. The van der Waals surface area contributed by atoms with Gasteiger partial charge in [0.15, 0.2) is 0 Å². The summed E-state index contributed by atoms with van der Waals surface area (Å²) in [6, 6.07) is 14.1. The first kappa shape index (κ1) is 41.2. The lowest BCUT2D eigenvalue weighted by molar-refractivity contribution is -0.129. The van der Waals surface area contributed by atoms with E-state index in [2.05, 4.69) is 29.4 Å². The van der Waals surface area contributed by atoms with E-state index in [0.717, 1.165) is 35.9 Å². The normalized spacial score (nSPS) is 16.8. The molecule has 1 aliphatic rings. The summed E-state index contributed by atoms with van der Waals surface area (Å²) in [6.45, 7) is 15.0. The molecule has 0 bridgehead atoms. The lowest BCUT2D eigenvalue weighted by Crippen LogP contribution is -2.55. The van der Waals surface area contributed by atoms with Gasteiger partial charge in [0.05, 0.1) is 54.9 Å². The Balaban J connectivity index is 1.58. The Morgan fingerprint density at radius 3 is 2.35 bits per heavy atom. The van der Waals surface area contributed by atoms with Crippen LogP contribution in [0.25, 0.3) is 0 Å². The highest BCUT2D eigenvalue weighted by molar-refractivity contribution is 7.89. The maximum atomic E-state index is 14.4. The van der Waals surface area contributed by atoms with Gasteiger partial charge in [-0.15, -0.1) is 11.3 Å². The van der Waals surface area contributed by atoms with Gasteiger partial charge in [-0.3, -0.25) is 9.69 Å². The van der Waals surface area contributed by atoms with Crippen LogP contribution in [0.4, 0.5) is 4.79 Å². The Labute approximate surface area is 313 Å². The standard InChI is InChI=1S/C38H56N6O6S2/c1-8-42(9-2)24-35-40-29(25-51-35)22-44-33(20-39-38(44)47)36(27(5)6)37(46)41-32(19-28-13-11-10-12-14-28)34(45)23-43(21-26(3)4)52(48,49)31-17-15-30(50-7)16-18-31/h10-18,25-27,32-34,36,45H,8-9,19-24H2,1-7H3,(H,39,47)(H,41,46)/t32-,33?,34+,36-/m0/s1. The highest BCUT2D eigenvalue weighted by atomic mass is 32.2. The van der Waals surface area contributed by atoms with E-state index in [1.165, 1.54) is 23.5 Å². The van der Waals surface area contributed by atoms with Crippen molar-refractivity contribution in [2.75, 3.05) is 39.8 Å². The summed E-state index contributed by atoms with van der Waals surface area (Å²) in [5, 5.41) is 20.8. The van der Waals surface area contributed by atoms with Crippen LogP contribution in [0.5, 0.6) is 5.75 Å². The number of rotatable bonds is 20. The van der Waals surface area contributed by atoms with Crippen LogP contribution >= 0.6 is 11.3 Å². The molecule has 0 radical (unpaired) electrons. The van der Waals surface area contributed by atoms with Crippen LogP contribution in [-0.2, 0) is 34.3 Å². The minimum atomic E-state index is -4.00. The third-order valence-corrected chi connectivity index (χ3v) is 12.2. The first-order chi connectivity index (χ1) is 24.8. The summed E-state index contributed by atoms with van der Waals surface area (Å²) in [7, 11) is -2.49. The van der Waals surface area contributed by atoms with Crippen molar-refractivity contribution in [2.45, 2.75) is 84.1 Å². The van der Waals surface area contributed by atoms with Gasteiger partial charge in [-0.1, -0.05) is 71.9 Å². The Hall–Kier alpha value is -3.56. The van der Waals surface area contributed by atoms with Gasteiger partial charge in [-0.25, -0.2) is 18.2 Å². The zero-order valence-corrected chi connectivity index (χ0v) is 33.1. The third kappa shape index (κ3) is 10.8. The average Bonchev–Trinajstić information content (AvgIpc) is 3.72. The first-order valence-corrected chi connectivity index (χ1v) is 20.5. The summed E-state index contributed by atoms with van der Waals surface area (Å²) in [5.74, 6) is -0.583. The number of aliphatic hydroxyl groups is 1. The summed E-state index contributed by atoms with van der Waals surface area (Å²) < 4.78 is 34.3. The van der Waals surface area contributed by atoms with Crippen molar-refractivity contribution in [2.24, 2.45) is 17.8 Å². The van der Waals surface area contributed by atoms with Gasteiger partial charge in [0.25, 0.3) is 0 Å². The van der Waals surface area contributed by atoms with E-state index in [9.17, 15) is 23.1 Å². The maximum Gasteiger partial charge on any atom is 0.318 e. The van der Waals surface area contributed by atoms with Crippen molar-refractivity contribution in [1.82, 2.24) is 29.7 Å². The molecule has 3 N–H and O–H groups in total. The molecular formula is C38H56N6O6S2. The van der Waals surface area contributed by atoms with E-state index in [1.807, 2.05) is 63.4 Å². The number of ether oxygens (including phenoxy) is 1. The quantitative estimate of drug-likeness (QED) is 0.152. The van der Waals surface area contributed by atoms with E-state index < -0.39 is 34.1 Å². The van der Waals surface area contributed by atoms with Crippen LogP contribution < -0.4 is 15.4 Å². The largest absolute Gasteiger partial charge is 0.497 e. The molecule has 0 spiro atoms. The Morgan fingerprint density at radius 2 is 1.75 bits per heavy atom. The number of nitrogens with zero attached hydrogens (tertiary/aromatic N) is 4. The molecule has 1 unspecified atom stereocenters. The predicted molar refractivity (Wildman–Crippen MR) is 204 cm³/mol. The van der Waals surface area contributed by atoms with Crippen LogP contribution in [-0.4, -0.2) is 103 Å². The van der Waals surface area contributed by atoms with Gasteiger partial charge < -0.3 is 25.4 Å². The van der Waals surface area contributed by atoms with Crippen molar-refractivity contribution in [3.63, 3.8) is 0 Å². The van der Waals surface area contributed by atoms with Gasteiger partial charge in [0.2, 0.25) is 15.9 Å². The number of thiazole rings is 1. The molecule has 1 aliphatic heterocycles. The molecule has 3 amide bonds. The Kier molecular flexibility index (Phi) is 15.0. The molecule has 0 saturated carbocycles. The SMILES string of the molecule is CCN(CC)Cc1nc(CN2C(=O)NCC2[C@@H](C(=O)N[C@@H](Cc2ccccc2)[C@H](O)CN(CC(C)C)S(=O)(=O)c2ccc(OC)cc2)C(C)C)cs1. The molecule has 3 aromatic rings. The first-order valence-electron chi connectivity index (χ1n) is 18.1. The van der Waals surface area contributed by atoms with Crippen molar-refractivity contribution in [3.05, 3.63) is 76.2 Å². The average molecular weight is 757 g/mol. The van der Waals surface area contributed by atoms with E-state index in [-0.39, 0.29) is 54.7 Å². The Bertz CT molecular complexity index is 1680. The second kappa shape index (κ2) is 19.0. The minimum Gasteiger partial charge on any atom is -0.497 e. The lowest BCUT2D eigenvalue weighted by atomic mass is 9.86. The van der Waals surface area contributed by atoms with Crippen molar-refractivity contribution in [3.8, 4) is 5.75 Å². The monoisotopic (exact) mass is 756 g/mol. The number of aliphatic hydroxyl groups excluding tert-OH is 1. The zero-order chi connectivity index (χ0) is 38.0. The van der Waals surface area contributed by atoms with Crippen LogP contribution in [0.3, 0.4) is 0 Å². The fraction of sp³-hybridized carbons (Fsp3) is 0.553. The van der Waals surface area contributed by atoms with Gasteiger partial charge in [0.1, 0.15) is 10.8 Å². The molecule has 1 saturated heterocycles. The number of hydrogen-bond acceptors (Lipinski definition) is 9. The van der Waals surface area contributed by atoms with Crippen molar-refractivity contribution in [1.29, 1.82) is 0 Å². The maximum absolute atomic E-state index is 14.4. The molecule has 0 aliphatic carbocycles. The summed E-state index contributed by atoms with van der Waals surface area (Å²) in [4.78, 5) is 36.4. The smallest absolute Gasteiger partial charge is 0.318 e. The number of carbonyl (C=O) groups excluding carboxylic acids is 2. The summed E-state index contributed by atoms with van der Waals surface area (Å²) in [6.07, 6.45) is -0.974. The molecule has 2 aromatic carbocycles. The molecule has 14 heteroatoms. The number of nitrogens with one attached hydrogen (secondary N) is 2. The van der Waals surface area contributed by atoms with E-state index >= 15 is 0 Å². The predicted octanol–water partition coefficient (Wildman–Crippen LogP) is 4.59. The van der Waals surface area contributed by atoms with Gasteiger partial charge >= 0.3 is 6.03 Å². The molecule has 286 valence electrons. The molecule has 4 atom stereocenters. The molecule has 12 nitrogen and oxygen atoms in total. The molecule has 52 heavy (non-hydrogen) atoms. The summed E-state index contributed by atoms with van der Waals surface area (Å²) in [5.41, 5.74) is 1.66. The second-order valence-corrected chi connectivity index (χ2v) is 17.0. The number of sulfonamides is 1. The molecule has 1 aromatic heterocycles. The molecular weight excluding hydrogens is 701 g/mol. The molecule has 2 heterocycles. The number of benzene rings is 2. The number of aromatic nitrogens is 1. The minimum absolute atomic E-state index is 0.0304. The van der Waals surface area contributed by atoms with E-state index in [4.69, 9.17) is 9.72 Å². The number of urea groups is 1. The number of hydrogen-bond donors (Lipinski definition) is 3. The van der Waals surface area contributed by atoms with Crippen LogP contribution in [0.15, 0.2) is 64.9 Å². The van der Waals surface area contributed by atoms with Gasteiger partial charge in [0, 0.05) is 25.0 Å². The van der Waals surface area contributed by atoms with E-state index in [0.29, 0.717) is 12.3 Å². The van der Waals surface area contributed by atoms with Crippen molar-refractivity contribution >= 4 is 33.3 Å². The van der Waals surface area contributed by atoms with Crippen LogP contribution in [0, 0.1) is 17.8 Å². The number of amides is 3. The fourth-order valence-electron chi connectivity index (χ4n) is 6.63. The zero-order valence-electron chi connectivity index (χ0n) is 31.5.